The largest absolute Gasteiger partial charge is 0.462 e. The van der Waals surface area contributed by atoms with E-state index in [4.69, 9.17) is 15.5 Å². The molecule has 0 aliphatic carbocycles. The molecule has 0 amide bonds. The Balaban J connectivity index is 2.07. The molecule has 0 radical (unpaired) electrons. The number of imidazole rings is 1. The Kier molecular flexibility index (Phi) is 3.99. The fraction of sp³-hybridized carbons (Fsp3) is 0.238. The molecule has 2 heterocycles. The number of unbranched alkanes of at least 4 members (excludes halogenated alkanes) is 1. The predicted molar refractivity (Wildman–Crippen MR) is 105 cm³/mol. The van der Waals surface area contributed by atoms with Gasteiger partial charge in [0.2, 0.25) is 0 Å². The highest BCUT2D eigenvalue weighted by molar-refractivity contribution is 6.13. The first-order valence-corrected chi connectivity index (χ1v) is 8.88. The van der Waals surface area contributed by atoms with Crippen LogP contribution in [-0.4, -0.2) is 22.0 Å². The van der Waals surface area contributed by atoms with Crippen LogP contribution in [-0.2, 0) is 4.74 Å². The van der Waals surface area contributed by atoms with Crippen LogP contribution in [0.15, 0.2) is 42.5 Å². The Morgan fingerprint density at radius 3 is 2.81 bits per heavy atom. The highest BCUT2D eigenvalue weighted by atomic mass is 16.5. The van der Waals surface area contributed by atoms with Crippen LogP contribution in [0.4, 0.5) is 5.82 Å². The molecule has 0 spiro atoms. The number of nitrogen functional groups attached to an aromatic ring is 1. The van der Waals surface area contributed by atoms with Gasteiger partial charge in [-0.15, -0.1) is 0 Å². The first-order chi connectivity index (χ1) is 12.6. The van der Waals surface area contributed by atoms with Crippen molar-refractivity contribution in [3.05, 3.63) is 53.6 Å². The van der Waals surface area contributed by atoms with Gasteiger partial charge in [0, 0.05) is 10.8 Å². The standard InChI is InChI=1S/C21H21N3O2/c1-3-4-11-26-21(25)18-14-10-9-13(2)12-15(14)20-23-16-7-5-6-8-17(16)24(20)19(18)22/h5-10,12H,3-4,11,22H2,1-2H3. The van der Waals surface area contributed by atoms with Crippen molar-refractivity contribution in [3.8, 4) is 0 Å². The average Bonchev–Trinajstić information content (AvgIpc) is 3.03. The second-order valence-corrected chi connectivity index (χ2v) is 6.56. The van der Waals surface area contributed by atoms with Crippen molar-refractivity contribution in [1.29, 1.82) is 0 Å². The number of nitrogens with two attached hydrogens (primary N) is 1. The lowest BCUT2D eigenvalue weighted by Gasteiger charge is -2.13. The van der Waals surface area contributed by atoms with E-state index in [1.54, 1.807) is 0 Å². The summed E-state index contributed by atoms with van der Waals surface area (Å²) in [7, 11) is 0. The summed E-state index contributed by atoms with van der Waals surface area (Å²) < 4.78 is 7.33. The first kappa shape index (κ1) is 16.4. The summed E-state index contributed by atoms with van der Waals surface area (Å²) in [5, 5.41) is 1.68. The van der Waals surface area contributed by atoms with Gasteiger partial charge in [-0.1, -0.05) is 43.2 Å². The molecule has 0 aliphatic rings. The van der Waals surface area contributed by atoms with Crippen molar-refractivity contribution in [1.82, 2.24) is 9.38 Å². The maximum absolute atomic E-state index is 12.8. The topological polar surface area (TPSA) is 69.6 Å². The van der Waals surface area contributed by atoms with Crippen LogP contribution >= 0.6 is 0 Å². The average molecular weight is 347 g/mol. The minimum Gasteiger partial charge on any atom is -0.462 e. The van der Waals surface area contributed by atoms with E-state index in [1.165, 1.54) is 0 Å². The van der Waals surface area contributed by atoms with Crippen LogP contribution in [0.2, 0.25) is 0 Å². The Morgan fingerprint density at radius 2 is 2.00 bits per heavy atom. The van der Waals surface area contributed by atoms with E-state index < -0.39 is 0 Å². The number of nitrogens with zero attached hydrogens (tertiary/aromatic N) is 2. The Hall–Kier alpha value is -3.08. The molecule has 0 bridgehead atoms. The summed E-state index contributed by atoms with van der Waals surface area (Å²) in [6.07, 6.45) is 1.80. The van der Waals surface area contributed by atoms with E-state index in [2.05, 4.69) is 6.92 Å². The number of hydrogen-bond donors (Lipinski definition) is 1. The van der Waals surface area contributed by atoms with Crippen LogP contribution < -0.4 is 5.73 Å². The molecule has 2 aromatic heterocycles. The number of esters is 1. The van der Waals surface area contributed by atoms with Gasteiger partial charge in [-0.3, -0.25) is 4.40 Å². The van der Waals surface area contributed by atoms with E-state index in [1.807, 2.05) is 53.8 Å². The zero-order valence-corrected chi connectivity index (χ0v) is 15.0. The summed E-state index contributed by atoms with van der Waals surface area (Å²) >= 11 is 0. The molecule has 2 aromatic carbocycles. The molecule has 0 unspecified atom stereocenters. The van der Waals surface area contributed by atoms with Gasteiger partial charge in [0.15, 0.2) is 0 Å². The summed E-state index contributed by atoms with van der Waals surface area (Å²) in [5.41, 5.74) is 10.5. The molecule has 0 saturated carbocycles. The maximum atomic E-state index is 12.8. The highest BCUT2D eigenvalue weighted by Crippen LogP contribution is 2.32. The van der Waals surface area contributed by atoms with Crippen molar-refractivity contribution in [2.45, 2.75) is 26.7 Å². The van der Waals surface area contributed by atoms with Crippen molar-refractivity contribution in [3.63, 3.8) is 0 Å². The van der Waals surface area contributed by atoms with Gasteiger partial charge in [0.05, 0.1) is 17.6 Å². The van der Waals surface area contributed by atoms with E-state index >= 15 is 0 Å². The number of aryl methyl sites for hydroxylation is 1. The van der Waals surface area contributed by atoms with E-state index in [0.29, 0.717) is 18.0 Å². The molecular weight excluding hydrogens is 326 g/mol. The van der Waals surface area contributed by atoms with Crippen molar-refractivity contribution in [2.24, 2.45) is 0 Å². The summed E-state index contributed by atoms with van der Waals surface area (Å²) in [5.74, 6) is -0.0176. The number of anilines is 1. The Labute approximate surface area is 151 Å². The quantitative estimate of drug-likeness (QED) is 0.436. The minimum atomic E-state index is -0.385. The number of aromatic nitrogens is 2. The van der Waals surface area contributed by atoms with Gasteiger partial charge in [-0.05, 0) is 31.5 Å². The monoisotopic (exact) mass is 347 g/mol. The van der Waals surface area contributed by atoms with Gasteiger partial charge in [-0.2, -0.15) is 0 Å². The molecule has 5 nitrogen and oxygen atoms in total. The van der Waals surface area contributed by atoms with Crippen LogP contribution in [0, 0.1) is 6.92 Å². The normalized spacial score (nSPS) is 11.5. The zero-order valence-electron chi connectivity index (χ0n) is 15.0. The smallest absolute Gasteiger partial charge is 0.342 e. The highest BCUT2D eigenvalue weighted by Gasteiger charge is 2.22. The number of carbonyl (C=O) groups is 1. The summed E-state index contributed by atoms with van der Waals surface area (Å²) in [6, 6.07) is 13.7. The van der Waals surface area contributed by atoms with Gasteiger partial charge >= 0.3 is 5.97 Å². The molecular formula is C21H21N3O2. The molecule has 2 N–H and O–H groups in total. The first-order valence-electron chi connectivity index (χ1n) is 8.88. The third-order valence-corrected chi connectivity index (χ3v) is 4.68. The van der Waals surface area contributed by atoms with Crippen molar-refractivity contribution >= 4 is 39.2 Å². The second kappa shape index (κ2) is 6.33. The van der Waals surface area contributed by atoms with Crippen molar-refractivity contribution < 1.29 is 9.53 Å². The predicted octanol–water partition coefficient (Wildman–Crippen LogP) is 4.49. The number of hydrogen-bond acceptors (Lipinski definition) is 4. The fourth-order valence-electron chi connectivity index (χ4n) is 3.36. The van der Waals surface area contributed by atoms with E-state index in [9.17, 15) is 4.79 Å². The molecule has 132 valence electrons. The summed E-state index contributed by atoms with van der Waals surface area (Å²) in [4.78, 5) is 17.6. The Bertz CT molecular complexity index is 1140. The van der Waals surface area contributed by atoms with E-state index in [-0.39, 0.29) is 5.97 Å². The Morgan fingerprint density at radius 1 is 1.19 bits per heavy atom. The SMILES string of the molecule is CCCCOC(=O)c1c(N)n2c3ccccc3nc2c2cc(C)ccc12. The lowest BCUT2D eigenvalue weighted by atomic mass is 10.0. The minimum absolute atomic E-state index is 0.367. The van der Waals surface area contributed by atoms with Crippen molar-refractivity contribution in [2.75, 3.05) is 12.3 Å². The molecule has 0 aliphatic heterocycles. The fourth-order valence-corrected chi connectivity index (χ4v) is 3.36. The molecule has 4 rings (SSSR count). The zero-order chi connectivity index (χ0) is 18.3. The number of benzene rings is 2. The van der Waals surface area contributed by atoms with Crippen LogP contribution in [0.5, 0.6) is 0 Å². The lowest BCUT2D eigenvalue weighted by Crippen LogP contribution is -2.13. The number of ether oxygens (including phenoxy) is 1. The molecule has 0 saturated heterocycles. The number of fused-ring (bicyclic) bond motifs is 5. The maximum Gasteiger partial charge on any atom is 0.342 e. The van der Waals surface area contributed by atoms with Crippen LogP contribution in [0.1, 0.15) is 35.7 Å². The van der Waals surface area contributed by atoms with E-state index in [0.717, 1.165) is 45.9 Å². The molecule has 26 heavy (non-hydrogen) atoms. The summed E-state index contributed by atoms with van der Waals surface area (Å²) in [6.45, 7) is 4.48. The molecule has 4 aromatic rings. The van der Waals surface area contributed by atoms with Crippen LogP contribution in [0.3, 0.4) is 0 Å². The van der Waals surface area contributed by atoms with Gasteiger partial charge < -0.3 is 10.5 Å². The number of carbonyl (C=O) groups excluding carboxylic acids is 1. The lowest BCUT2D eigenvalue weighted by molar-refractivity contribution is 0.0503. The number of pyridine rings is 1. The second-order valence-electron chi connectivity index (χ2n) is 6.56. The molecule has 5 heteroatoms. The molecule has 0 atom stereocenters. The third kappa shape index (κ3) is 2.47. The molecule has 0 fully saturated rings. The van der Waals surface area contributed by atoms with Gasteiger partial charge in [-0.25, -0.2) is 9.78 Å². The van der Waals surface area contributed by atoms with Gasteiger partial charge in [0.1, 0.15) is 17.0 Å². The van der Waals surface area contributed by atoms with Crippen LogP contribution in [0.25, 0.3) is 27.5 Å². The van der Waals surface area contributed by atoms with Gasteiger partial charge in [0.25, 0.3) is 0 Å². The number of para-hydroxylation sites is 2. The number of rotatable bonds is 4. The third-order valence-electron chi connectivity index (χ3n) is 4.68.